The van der Waals surface area contributed by atoms with E-state index in [1.807, 2.05) is 0 Å². The zero-order chi connectivity index (χ0) is 9.35. The number of hydrogen-bond acceptors (Lipinski definition) is 0. The lowest BCUT2D eigenvalue weighted by molar-refractivity contribution is 0.231. The second kappa shape index (κ2) is 3.08. The van der Waals surface area contributed by atoms with Gasteiger partial charge in [-0.2, -0.15) is 0 Å². The van der Waals surface area contributed by atoms with Crippen LogP contribution in [0, 0.1) is 17.3 Å². The molecule has 68 valence electrons. The molecule has 12 heavy (non-hydrogen) atoms. The molecule has 0 saturated carbocycles. The largest absolute Gasteiger partial charge is 0.102 e. The lowest BCUT2D eigenvalue weighted by Crippen LogP contribution is -2.30. The predicted octanol–water partition coefficient (Wildman–Crippen LogP) is 3.80. The van der Waals surface area contributed by atoms with Gasteiger partial charge in [0, 0.05) is 5.41 Å². The molecule has 0 aromatic carbocycles. The van der Waals surface area contributed by atoms with Gasteiger partial charge < -0.3 is 0 Å². The molecule has 0 bridgehead atoms. The maximum absolute atomic E-state index is 3.93. The molecule has 0 aromatic rings. The lowest BCUT2D eigenvalue weighted by Gasteiger charge is -2.39. The molecule has 0 aliphatic heterocycles. The van der Waals surface area contributed by atoms with Crippen LogP contribution in [-0.4, -0.2) is 0 Å². The molecule has 0 saturated heterocycles. The van der Waals surface area contributed by atoms with E-state index in [-0.39, 0.29) is 5.41 Å². The molecule has 0 N–H and O–H groups in total. The molecule has 0 heterocycles. The van der Waals surface area contributed by atoms with Gasteiger partial charge in [0.25, 0.3) is 0 Å². The summed E-state index contributed by atoms with van der Waals surface area (Å²) < 4.78 is 0. The third kappa shape index (κ3) is 1.48. The van der Waals surface area contributed by atoms with Crippen molar-refractivity contribution in [2.75, 3.05) is 0 Å². The Labute approximate surface area is 76.4 Å². The van der Waals surface area contributed by atoms with Gasteiger partial charge in [0.1, 0.15) is 0 Å². The van der Waals surface area contributed by atoms with Crippen molar-refractivity contribution in [1.29, 1.82) is 0 Å². The molecule has 0 nitrogen and oxygen atoms in total. The molecule has 0 spiro atoms. The average Bonchev–Trinajstić information content (AvgIpc) is 2.00. The Hall–Kier alpha value is -0.520. The maximum atomic E-state index is 3.93. The van der Waals surface area contributed by atoms with E-state index in [4.69, 9.17) is 0 Å². The highest BCUT2D eigenvalue weighted by molar-refractivity contribution is 5.19. The summed E-state index contributed by atoms with van der Waals surface area (Å²) >= 11 is 0. The summed E-state index contributed by atoms with van der Waals surface area (Å²) in [6.45, 7) is 13.1. The molecule has 0 fully saturated rings. The van der Waals surface area contributed by atoms with Gasteiger partial charge in [-0.3, -0.25) is 0 Å². The molecule has 1 aliphatic rings. The highest BCUT2D eigenvalue weighted by Gasteiger charge is 2.33. The SMILES string of the molecule is C=CC1(C)C=C(C)CC(C)C1C. The van der Waals surface area contributed by atoms with Crippen LogP contribution in [0.2, 0.25) is 0 Å². The van der Waals surface area contributed by atoms with Crippen LogP contribution >= 0.6 is 0 Å². The van der Waals surface area contributed by atoms with Gasteiger partial charge in [-0.25, -0.2) is 0 Å². The van der Waals surface area contributed by atoms with Crippen LogP contribution in [-0.2, 0) is 0 Å². The van der Waals surface area contributed by atoms with Crippen LogP contribution in [0.5, 0.6) is 0 Å². The van der Waals surface area contributed by atoms with Crippen molar-refractivity contribution in [3.63, 3.8) is 0 Å². The zero-order valence-electron chi connectivity index (χ0n) is 8.72. The fraction of sp³-hybridized carbons (Fsp3) is 0.667. The summed E-state index contributed by atoms with van der Waals surface area (Å²) in [4.78, 5) is 0. The smallest absolute Gasteiger partial charge is 0.00608 e. The predicted molar refractivity (Wildman–Crippen MR) is 55.0 cm³/mol. The summed E-state index contributed by atoms with van der Waals surface area (Å²) in [5, 5.41) is 0. The lowest BCUT2D eigenvalue weighted by atomic mass is 9.66. The van der Waals surface area contributed by atoms with Gasteiger partial charge in [0.2, 0.25) is 0 Å². The molecule has 1 aliphatic carbocycles. The summed E-state index contributed by atoms with van der Waals surface area (Å²) in [7, 11) is 0. The Kier molecular flexibility index (Phi) is 2.46. The van der Waals surface area contributed by atoms with Gasteiger partial charge >= 0.3 is 0 Å². The van der Waals surface area contributed by atoms with E-state index < -0.39 is 0 Å². The summed E-state index contributed by atoms with van der Waals surface area (Å²) in [6, 6.07) is 0. The van der Waals surface area contributed by atoms with Gasteiger partial charge in [0.05, 0.1) is 0 Å². The van der Waals surface area contributed by atoms with E-state index in [2.05, 4.69) is 46.4 Å². The molecule has 1 rings (SSSR count). The van der Waals surface area contributed by atoms with Crippen LogP contribution in [0.3, 0.4) is 0 Å². The van der Waals surface area contributed by atoms with Crippen molar-refractivity contribution in [2.24, 2.45) is 17.3 Å². The molecule has 3 atom stereocenters. The molecular weight excluding hydrogens is 144 g/mol. The van der Waals surface area contributed by atoms with Crippen molar-refractivity contribution in [3.05, 3.63) is 24.3 Å². The first-order chi connectivity index (χ1) is 5.49. The topological polar surface area (TPSA) is 0 Å². The Balaban J connectivity index is 2.99. The zero-order valence-corrected chi connectivity index (χ0v) is 8.72. The minimum Gasteiger partial charge on any atom is -0.102 e. The first kappa shape index (κ1) is 9.57. The van der Waals surface area contributed by atoms with Crippen LogP contribution in [0.15, 0.2) is 24.3 Å². The van der Waals surface area contributed by atoms with Gasteiger partial charge in [-0.05, 0) is 25.2 Å². The van der Waals surface area contributed by atoms with E-state index in [9.17, 15) is 0 Å². The molecule has 3 unspecified atom stereocenters. The fourth-order valence-corrected chi connectivity index (χ4v) is 2.26. The van der Waals surface area contributed by atoms with E-state index in [1.165, 1.54) is 12.0 Å². The van der Waals surface area contributed by atoms with Gasteiger partial charge in [-0.15, -0.1) is 6.58 Å². The summed E-state index contributed by atoms with van der Waals surface area (Å²) in [5.74, 6) is 1.51. The Morgan fingerprint density at radius 3 is 2.67 bits per heavy atom. The number of hydrogen-bond donors (Lipinski definition) is 0. The van der Waals surface area contributed by atoms with Gasteiger partial charge in [-0.1, -0.05) is 38.5 Å². The third-order valence-electron chi connectivity index (χ3n) is 3.48. The quantitative estimate of drug-likeness (QED) is 0.517. The van der Waals surface area contributed by atoms with E-state index in [0.29, 0.717) is 0 Å². The highest BCUT2D eigenvalue weighted by atomic mass is 14.4. The van der Waals surface area contributed by atoms with Crippen LogP contribution in [0.4, 0.5) is 0 Å². The van der Waals surface area contributed by atoms with Crippen molar-refractivity contribution in [1.82, 2.24) is 0 Å². The minimum absolute atomic E-state index is 0.224. The second-order valence-corrected chi connectivity index (χ2v) is 4.53. The number of rotatable bonds is 1. The maximum Gasteiger partial charge on any atom is 0.00608 e. The monoisotopic (exact) mass is 164 g/mol. The standard InChI is InChI=1S/C12H20/c1-6-12(5)8-9(2)7-10(3)11(12)4/h6,8,10-11H,1,7H2,2-5H3. The normalized spacial score (nSPS) is 42.2. The van der Waals surface area contributed by atoms with E-state index in [0.717, 1.165) is 11.8 Å². The Bertz CT molecular complexity index is 212. The third-order valence-corrected chi connectivity index (χ3v) is 3.48. The van der Waals surface area contributed by atoms with E-state index >= 15 is 0 Å². The second-order valence-electron chi connectivity index (χ2n) is 4.53. The summed E-state index contributed by atoms with van der Waals surface area (Å²) in [5.41, 5.74) is 1.74. The van der Waals surface area contributed by atoms with Crippen molar-refractivity contribution in [2.45, 2.75) is 34.1 Å². The van der Waals surface area contributed by atoms with Crippen molar-refractivity contribution < 1.29 is 0 Å². The van der Waals surface area contributed by atoms with Crippen LogP contribution in [0.25, 0.3) is 0 Å². The fourth-order valence-electron chi connectivity index (χ4n) is 2.26. The molecule has 0 aromatic heterocycles. The van der Waals surface area contributed by atoms with Crippen LogP contribution in [0.1, 0.15) is 34.1 Å². The Morgan fingerprint density at radius 1 is 1.58 bits per heavy atom. The molecule has 0 heteroatoms. The number of allylic oxidation sites excluding steroid dienone is 3. The van der Waals surface area contributed by atoms with Crippen molar-refractivity contribution in [3.8, 4) is 0 Å². The molecule has 0 amide bonds. The highest BCUT2D eigenvalue weighted by Crippen LogP contribution is 2.42. The van der Waals surface area contributed by atoms with Crippen molar-refractivity contribution >= 4 is 0 Å². The van der Waals surface area contributed by atoms with E-state index in [1.54, 1.807) is 0 Å². The first-order valence-electron chi connectivity index (χ1n) is 4.81. The van der Waals surface area contributed by atoms with Crippen LogP contribution < -0.4 is 0 Å². The Morgan fingerprint density at radius 2 is 2.17 bits per heavy atom. The summed E-state index contributed by atoms with van der Waals surface area (Å²) in [6.07, 6.45) is 5.73. The molecular formula is C12H20. The first-order valence-corrected chi connectivity index (χ1v) is 4.81. The minimum atomic E-state index is 0.224. The molecule has 0 radical (unpaired) electrons. The van der Waals surface area contributed by atoms with Gasteiger partial charge in [0.15, 0.2) is 0 Å². The average molecular weight is 164 g/mol.